The number of rotatable bonds is 8. The van der Waals surface area contributed by atoms with E-state index in [0.29, 0.717) is 19.3 Å². The average molecular weight is 490 g/mol. The molecule has 33 heavy (non-hydrogen) atoms. The number of esters is 1. The molecule has 1 saturated heterocycles. The molecular formula is C21H26F3N3O5S. The lowest BCUT2D eigenvalue weighted by atomic mass is 10.1. The van der Waals surface area contributed by atoms with Gasteiger partial charge in [0.15, 0.2) is 5.69 Å². The van der Waals surface area contributed by atoms with Crippen LogP contribution >= 0.6 is 0 Å². The van der Waals surface area contributed by atoms with Gasteiger partial charge in [-0.3, -0.25) is 4.68 Å². The van der Waals surface area contributed by atoms with Gasteiger partial charge in [-0.25, -0.2) is 13.2 Å². The van der Waals surface area contributed by atoms with Gasteiger partial charge in [-0.2, -0.15) is 9.40 Å². The third kappa shape index (κ3) is 5.85. The maximum absolute atomic E-state index is 13.1. The molecule has 0 saturated carbocycles. The fourth-order valence-electron chi connectivity index (χ4n) is 3.84. The first-order valence-electron chi connectivity index (χ1n) is 10.7. The van der Waals surface area contributed by atoms with Crippen LogP contribution in [-0.4, -0.2) is 54.5 Å². The van der Waals surface area contributed by atoms with Crippen molar-refractivity contribution in [1.29, 1.82) is 0 Å². The minimum Gasteiger partial charge on any atom is -0.461 e. The molecule has 1 fully saturated rings. The second-order valence-corrected chi connectivity index (χ2v) is 9.47. The summed E-state index contributed by atoms with van der Waals surface area (Å²) in [6.45, 7) is 4.11. The van der Waals surface area contributed by atoms with E-state index < -0.39 is 33.0 Å². The highest BCUT2D eigenvalue weighted by Crippen LogP contribution is 2.34. The summed E-state index contributed by atoms with van der Waals surface area (Å²) in [7, 11) is -4.20. The highest BCUT2D eigenvalue weighted by atomic mass is 32.2. The zero-order valence-electron chi connectivity index (χ0n) is 18.3. The monoisotopic (exact) mass is 489 g/mol. The molecule has 1 aliphatic rings. The summed E-state index contributed by atoms with van der Waals surface area (Å²) in [4.78, 5) is 11.6. The Morgan fingerprint density at radius 1 is 1.18 bits per heavy atom. The van der Waals surface area contributed by atoms with Crippen LogP contribution < -0.4 is 4.74 Å². The topological polar surface area (TPSA) is 90.7 Å². The summed E-state index contributed by atoms with van der Waals surface area (Å²) < 4.78 is 76.2. The van der Waals surface area contributed by atoms with Crippen LogP contribution in [0.1, 0.15) is 55.3 Å². The van der Waals surface area contributed by atoms with Crippen molar-refractivity contribution in [3.05, 3.63) is 41.7 Å². The number of carbonyl (C=O) groups is 1. The second kappa shape index (κ2) is 10.1. The Labute approximate surface area is 190 Å². The summed E-state index contributed by atoms with van der Waals surface area (Å²) in [5.74, 6) is -1.28. The molecule has 12 heteroatoms. The van der Waals surface area contributed by atoms with E-state index in [9.17, 15) is 26.4 Å². The van der Waals surface area contributed by atoms with Crippen LogP contribution in [0.5, 0.6) is 5.75 Å². The van der Waals surface area contributed by atoms with Crippen molar-refractivity contribution >= 4 is 16.0 Å². The molecule has 0 spiro atoms. The molecule has 0 amide bonds. The molecule has 1 aromatic carbocycles. The van der Waals surface area contributed by atoms with E-state index >= 15 is 0 Å². The van der Waals surface area contributed by atoms with Crippen LogP contribution in [-0.2, 0) is 21.2 Å². The molecule has 0 aliphatic carbocycles. The van der Waals surface area contributed by atoms with Crippen LogP contribution in [0.2, 0.25) is 0 Å². The molecule has 1 aromatic heterocycles. The number of halogens is 3. The standard InChI is InChI=1S/C21H26F3N3O5S/c1-3-7-16-14-17(20(28)31-4-2)25-27(16)15-10-12-26(13-11-15)33(29,30)19-9-6-5-8-18(19)32-21(22,23)24/h5-6,8-9,14-15H,3-4,7,10-13H2,1-2H3. The van der Waals surface area contributed by atoms with E-state index in [2.05, 4.69) is 9.84 Å². The number of hydrogen-bond donors (Lipinski definition) is 0. The Morgan fingerprint density at radius 3 is 2.45 bits per heavy atom. The summed E-state index contributed by atoms with van der Waals surface area (Å²) in [5.41, 5.74) is 1.05. The van der Waals surface area contributed by atoms with Crippen molar-refractivity contribution < 1.29 is 35.9 Å². The van der Waals surface area contributed by atoms with Gasteiger partial charge in [0, 0.05) is 18.8 Å². The maximum Gasteiger partial charge on any atom is 0.573 e. The minimum atomic E-state index is -5.01. The van der Waals surface area contributed by atoms with Crippen LogP contribution in [0.25, 0.3) is 0 Å². The van der Waals surface area contributed by atoms with Crippen molar-refractivity contribution in [2.24, 2.45) is 0 Å². The molecule has 2 aromatic rings. The number of aryl methyl sites for hydroxylation is 1. The van der Waals surface area contributed by atoms with Crippen LogP contribution in [0.3, 0.4) is 0 Å². The molecule has 182 valence electrons. The third-order valence-electron chi connectivity index (χ3n) is 5.27. The zero-order valence-corrected chi connectivity index (χ0v) is 19.2. The molecule has 0 N–H and O–H groups in total. The minimum absolute atomic E-state index is 0.0908. The first kappa shape index (κ1) is 25.0. The molecule has 3 rings (SSSR count). The van der Waals surface area contributed by atoms with E-state index in [-0.39, 0.29) is 31.4 Å². The number of piperidine rings is 1. The normalized spacial score (nSPS) is 16.0. The van der Waals surface area contributed by atoms with E-state index in [0.717, 1.165) is 28.6 Å². The molecular weight excluding hydrogens is 463 g/mol. The van der Waals surface area contributed by atoms with Crippen LogP contribution in [0.4, 0.5) is 13.2 Å². The fraction of sp³-hybridized carbons (Fsp3) is 0.524. The molecule has 8 nitrogen and oxygen atoms in total. The number of alkyl halides is 3. The number of benzene rings is 1. The van der Waals surface area contributed by atoms with Crippen molar-refractivity contribution in [3.63, 3.8) is 0 Å². The van der Waals surface area contributed by atoms with Gasteiger partial charge in [-0.15, -0.1) is 13.2 Å². The van der Waals surface area contributed by atoms with E-state index in [1.807, 2.05) is 6.92 Å². The summed E-state index contributed by atoms with van der Waals surface area (Å²) in [6.07, 6.45) is -2.71. The molecule has 0 bridgehead atoms. The second-order valence-electron chi connectivity index (χ2n) is 7.57. The summed E-state index contributed by atoms with van der Waals surface area (Å²) >= 11 is 0. The van der Waals surface area contributed by atoms with E-state index in [1.165, 1.54) is 12.1 Å². The Balaban J connectivity index is 1.78. The van der Waals surface area contributed by atoms with Crippen molar-refractivity contribution in [1.82, 2.24) is 14.1 Å². The first-order chi connectivity index (χ1) is 15.6. The van der Waals surface area contributed by atoms with Gasteiger partial charge in [0.2, 0.25) is 10.0 Å². The summed E-state index contributed by atoms with van der Waals surface area (Å²) in [6, 6.07) is 6.24. The van der Waals surface area contributed by atoms with Gasteiger partial charge in [-0.1, -0.05) is 25.5 Å². The lowest BCUT2D eigenvalue weighted by Gasteiger charge is -2.32. The number of aromatic nitrogens is 2. The van der Waals surface area contributed by atoms with Gasteiger partial charge in [-0.05, 0) is 44.4 Å². The highest BCUT2D eigenvalue weighted by molar-refractivity contribution is 7.89. The fourth-order valence-corrected chi connectivity index (χ4v) is 5.42. The van der Waals surface area contributed by atoms with Crippen molar-refractivity contribution in [3.8, 4) is 5.75 Å². The quantitative estimate of drug-likeness (QED) is 0.522. The van der Waals surface area contributed by atoms with Gasteiger partial charge < -0.3 is 9.47 Å². The molecule has 0 unspecified atom stereocenters. The van der Waals surface area contributed by atoms with Crippen LogP contribution in [0.15, 0.2) is 35.2 Å². The number of carbonyl (C=O) groups excluding carboxylic acids is 1. The predicted molar refractivity (Wildman–Crippen MR) is 112 cm³/mol. The molecule has 0 radical (unpaired) electrons. The third-order valence-corrected chi connectivity index (χ3v) is 7.20. The lowest BCUT2D eigenvalue weighted by molar-refractivity contribution is -0.275. The number of para-hydroxylation sites is 1. The Hall–Kier alpha value is -2.60. The molecule has 0 atom stereocenters. The predicted octanol–water partition coefficient (Wildman–Crippen LogP) is 3.94. The van der Waals surface area contributed by atoms with Crippen LogP contribution in [0, 0.1) is 0 Å². The van der Waals surface area contributed by atoms with Gasteiger partial charge in [0.1, 0.15) is 10.6 Å². The first-order valence-corrected chi connectivity index (χ1v) is 12.1. The Kier molecular flexibility index (Phi) is 7.68. The van der Waals surface area contributed by atoms with Crippen molar-refractivity contribution in [2.75, 3.05) is 19.7 Å². The van der Waals surface area contributed by atoms with Gasteiger partial charge in [0.25, 0.3) is 0 Å². The number of ether oxygens (including phenoxy) is 2. The van der Waals surface area contributed by atoms with Crippen molar-refractivity contribution in [2.45, 2.75) is 56.8 Å². The number of nitrogens with zero attached hydrogens (tertiary/aromatic N) is 3. The zero-order chi connectivity index (χ0) is 24.2. The smallest absolute Gasteiger partial charge is 0.461 e. The molecule has 1 aliphatic heterocycles. The lowest BCUT2D eigenvalue weighted by Crippen LogP contribution is -2.39. The SMILES string of the molecule is CCCc1cc(C(=O)OCC)nn1C1CCN(S(=O)(=O)c2ccccc2OC(F)(F)F)CC1. The van der Waals surface area contributed by atoms with Gasteiger partial charge >= 0.3 is 12.3 Å². The number of sulfonamides is 1. The van der Waals surface area contributed by atoms with Gasteiger partial charge in [0.05, 0.1) is 12.6 Å². The van der Waals surface area contributed by atoms with E-state index in [1.54, 1.807) is 17.7 Å². The average Bonchev–Trinajstić information content (AvgIpc) is 3.17. The maximum atomic E-state index is 13.1. The largest absolute Gasteiger partial charge is 0.573 e. The van der Waals surface area contributed by atoms with E-state index in [4.69, 9.17) is 4.74 Å². The Bertz CT molecular complexity index is 1080. The Morgan fingerprint density at radius 2 is 1.85 bits per heavy atom. The highest BCUT2D eigenvalue weighted by Gasteiger charge is 2.37. The molecule has 2 heterocycles. The summed E-state index contributed by atoms with van der Waals surface area (Å²) in [5, 5.41) is 4.40. The number of hydrogen-bond acceptors (Lipinski definition) is 6.